The van der Waals surface area contributed by atoms with Gasteiger partial charge >= 0.3 is 0 Å². The number of carbonyl (C=O) groups excluding carboxylic acids is 2. The average Bonchev–Trinajstić information content (AvgIpc) is 1.67. The smallest absolute Gasteiger partial charge is 0.245 e. The standard InChI is InChI=1S/C29H4.C19H20F2N2O5S2.C13H17FN2O3S.C11H12FNO3S.C5H9NO/c1-3-5-7-9-11-13-15-17-19-21-23-25-27-29-28-26-24-22-20-18-16-14-12-10-8-6-4-2;20-15-1-5-17(6-2-15)29(24,25)22-11-9-19(10-12-22)23(13-14-28-19)30(26,27)18-7-3-16(21)4-8-18;14-11-1-3-12(4-2-11)20(17,18)16-8-5-13(6-9-16)15-7-10-19-13;12-9-1-3-11(4-2-9)17(15,16)13-7-5-10(14)6-8-13;7-5-1-3-6-4-2-5/h1H,2H3;1-8H,9-14H2;1-4,15H,5-10H2;1-4H,5-8H2;6H,1-4H2. The summed E-state index contributed by atoms with van der Waals surface area (Å²) in [5.74, 6) is 65.4. The Bertz CT molecular complexity index is 5170. The van der Waals surface area contributed by atoms with E-state index in [1.165, 1.54) is 77.9 Å². The fourth-order valence-corrected chi connectivity index (χ4v) is 15.9. The molecule has 0 atom stereocenters. The van der Waals surface area contributed by atoms with E-state index in [1.54, 1.807) is 6.92 Å². The van der Waals surface area contributed by atoms with Gasteiger partial charge in [-0.25, -0.2) is 51.2 Å². The summed E-state index contributed by atoms with van der Waals surface area (Å²) in [4.78, 5) is 21.6. The first-order chi connectivity index (χ1) is 49.5. The van der Waals surface area contributed by atoms with Crippen LogP contribution < -0.4 is 10.6 Å². The zero-order chi connectivity index (χ0) is 74.5. The topological polar surface area (TPSA) is 226 Å². The largest absolute Gasteiger partial charge is 0.359 e. The highest BCUT2D eigenvalue weighted by Gasteiger charge is 2.52. The lowest BCUT2D eigenvalue weighted by atomic mass is 10.0. The molecule has 26 heteroatoms. The minimum Gasteiger partial charge on any atom is -0.359 e. The quantitative estimate of drug-likeness (QED) is 0.177. The van der Waals surface area contributed by atoms with Crippen molar-refractivity contribution >= 4 is 51.7 Å². The van der Waals surface area contributed by atoms with E-state index in [1.807, 2.05) is 0 Å². The van der Waals surface area contributed by atoms with Crippen LogP contribution in [0.15, 0.2) is 117 Å². The molecule has 2 spiro atoms. The Balaban J connectivity index is 0.000000213. The molecule has 0 aromatic heterocycles. The Morgan fingerprint density at radius 1 is 0.369 bits per heavy atom. The highest BCUT2D eigenvalue weighted by atomic mass is 32.2. The van der Waals surface area contributed by atoms with E-state index in [0.717, 1.165) is 68.9 Å². The third kappa shape index (κ3) is 26.0. The van der Waals surface area contributed by atoms with Gasteiger partial charge in [-0.3, -0.25) is 14.9 Å². The van der Waals surface area contributed by atoms with Crippen molar-refractivity contribution in [2.75, 3.05) is 78.7 Å². The van der Waals surface area contributed by atoms with E-state index in [2.05, 4.69) is 170 Å². The molecule has 4 aromatic carbocycles. The van der Waals surface area contributed by atoms with Crippen LogP contribution in [0.5, 0.6) is 0 Å². The van der Waals surface area contributed by atoms with Gasteiger partial charge in [0.2, 0.25) is 40.1 Å². The molecule has 0 saturated carbocycles. The van der Waals surface area contributed by atoms with Crippen LogP contribution >= 0.6 is 0 Å². The minimum absolute atomic E-state index is 0.0250. The number of ketones is 2. The van der Waals surface area contributed by atoms with Crippen molar-refractivity contribution in [2.45, 2.75) is 89.3 Å². The molecule has 103 heavy (non-hydrogen) atoms. The highest BCUT2D eigenvalue weighted by Crippen LogP contribution is 2.40. The number of carbonyl (C=O) groups is 2. The minimum atomic E-state index is -3.94. The maximum Gasteiger partial charge on any atom is 0.245 e. The number of ether oxygens (including phenoxy) is 2. The van der Waals surface area contributed by atoms with Crippen LogP contribution in [-0.4, -0.2) is 153 Å². The predicted molar refractivity (Wildman–Crippen MR) is 377 cm³/mol. The van der Waals surface area contributed by atoms with E-state index >= 15 is 0 Å². The zero-order valence-electron chi connectivity index (χ0n) is 55.3. The van der Waals surface area contributed by atoms with Gasteiger partial charge in [0.25, 0.3) is 0 Å². The summed E-state index contributed by atoms with van der Waals surface area (Å²) in [6.07, 6.45) is 8.45. The number of Topliss-reactive ketones (excluding diaryl/α,β-unsaturated/α-hetero) is 2. The molecule has 2 N–H and O–H groups in total. The number of terminal acetylenes is 1. The lowest BCUT2D eigenvalue weighted by Gasteiger charge is -2.42. The number of piperidine rings is 4. The molecule has 6 heterocycles. The molecule has 0 bridgehead atoms. The van der Waals surface area contributed by atoms with Crippen LogP contribution in [0.25, 0.3) is 0 Å². The van der Waals surface area contributed by atoms with E-state index in [9.17, 15) is 60.8 Å². The van der Waals surface area contributed by atoms with E-state index in [-0.39, 0.29) is 96.1 Å². The van der Waals surface area contributed by atoms with Crippen molar-refractivity contribution in [3.63, 3.8) is 0 Å². The third-order valence-electron chi connectivity index (χ3n) is 15.0. The van der Waals surface area contributed by atoms with Gasteiger partial charge in [0.1, 0.15) is 46.3 Å². The fourth-order valence-electron chi connectivity index (χ4n) is 9.89. The molecule has 0 radical (unpaired) electrons. The molecule has 0 unspecified atom stereocenters. The van der Waals surface area contributed by atoms with E-state index < -0.39 is 69.1 Å². The van der Waals surface area contributed by atoms with E-state index in [4.69, 9.17) is 15.9 Å². The normalized spacial score (nSPS) is 16.2. The summed E-state index contributed by atoms with van der Waals surface area (Å²) in [5, 5.41) is 6.39. The molecular weight excluding hydrogens is 1410 g/mol. The monoisotopic (exact) mass is 1470 g/mol. The van der Waals surface area contributed by atoms with Crippen molar-refractivity contribution in [1.29, 1.82) is 0 Å². The Labute approximate surface area is 600 Å². The number of halogens is 4. The van der Waals surface area contributed by atoms with Gasteiger partial charge < -0.3 is 14.8 Å². The molecule has 6 saturated heterocycles. The first-order valence-electron chi connectivity index (χ1n) is 31.2. The van der Waals surface area contributed by atoms with Crippen molar-refractivity contribution in [3.8, 4) is 166 Å². The van der Waals surface area contributed by atoms with Crippen LogP contribution in [0, 0.1) is 190 Å². The molecule has 6 aliphatic heterocycles. The van der Waals surface area contributed by atoms with E-state index in [0.29, 0.717) is 38.3 Å². The van der Waals surface area contributed by atoms with Crippen molar-refractivity contribution in [3.05, 3.63) is 120 Å². The summed E-state index contributed by atoms with van der Waals surface area (Å²) >= 11 is 0. The van der Waals surface area contributed by atoms with Gasteiger partial charge in [-0.1, -0.05) is 5.92 Å². The first kappa shape index (κ1) is 81.2. The predicted octanol–water partition coefficient (Wildman–Crippen LogP) is 4.89. The second kappa shape index (κ2) is 41.2. The summed E-state index contributed by atoms with van der Waals surface area (Å²) < 4.78 is 170. The molecule has 6 fully saturated rings. The van der Waals surface area contributed by atoms with Gasteiger partial charge in [-0.2, -0.15) is 17.2 Å². The average molecular weight is 1470 g/mol. The molecule has 18 nitrogen and oxygen atoms in total. The van der Waals surface area contributed by atoms with Gasteiger partial charge in [0.05, 0.1) is 32.8 Å². The van der Waals surface area contributed by atoms with Gasteiger partial charge in [0, 0.05) is 176 Å². The SMILES string of the molecule is C#CC#CC#CC#CC#CC#CC#CC#CC#CC#CC#CC#CC#CC#CC.O=C1CCN(S(=O)(=O)c2ccc(F)cc2)CC1.O=C1CCNCC1.O=S(=O)(c1ccc(F)cc1)N1CCC2(CC1)NCCO2.O=S(=O)(c1ccc(F)cc1)N1CCC2(CC1)OCCN2S(=O)(=O)c1ccc(F)cc1. The molecule has 0 amide bonds. The lowest BCUT2D eigenvalue weighted by molar-refractivity contribution is -0.121. The number of hydrogen-bond acceptors (Lipinski definition) is 14. The second-order valence-electron chi connectivity index (χ2n) is 21.5. The Morgan fingerprint density at radius 2 is 0.670 bits per heavy atom. The highest BCUT2D eigenvalue weighted by molar-refractivity contribution is 7.90. The molecule has 10 rings (SSSR count). The fraction of sp³-hybridized carbons (Fsp3) is 0.299. The maximum atomic E-state index is 13.2. The van der Waals surface area contributed by atoms with Crippen LogP contribution in [0.2, 0.25) is 0 Å². The summed E-state index contributed by atoms with van der Waals surface area (Å²) in [6.45, 7) is 6.60. The van der Waals surface area contributed by atoms with Gasteiger partial charge in [-0.15, -0.1) is 6.42 Å². The van der Waals surface area contributed by atoms with Gasteiger partial charge in [0.15, 0.2) is 0 Å². The van der Waals surface area contributed by atoms with Crippen LogP contribution in [0.3, 0.4) is 0 Å². The Morgan fingerprint density at radius 3 is 0.971 bits per heavy atom. The lowest BCUT2D eigenvalue weighted by Crippen LogP contribution is -2.55. The van der Waals surface area contributed by atoms with Crippen molar-refractivity contribution < 1.29 is 70.3 Å². The Kier molecular flexibility index (Phi) is 32.5. The molecule has 6 aliphatic rings. The number of sulfonamides is 4. The zero-order valence-corrected chi connectivity index (χ0v) is 58.6. The molecule has 524 valence electrons. The number of nitrogens with zero attached hydrogens (tertiary/aromatic N) is 4. The van der Waals surface area contributed by atoms with Gasteiger partial charge in [-0.05, 0) is 199 Å². The molecular formula is C77H62F4N6O12S4. The number of nitrogens with one attached hydrogen (secondary N) is 2. The first-order valence-corrected chi connectivity index (χ1v) is 36.9. The third-order valence-corrected chi connectivity index (χ3v) is 22.7. The van der Waals surface area contributed by atoms with Crippen LogP contribution in [0.4, 0.5) is 17.6 Å². The summed E-state index contributed by atoms with van der Waals surface area (Å²) in [5.41, 5.74) is -1.50. The van der Waals surface area contributed by atoms with Crippen LogP contribution in [0.1, 0.15) is 58.3 Å². The summed E-state index contributed by atoms with van der Waals surface area (Å²) in [7, 11) is -14.9. The number of benzene rings is 4. The maximum absolute atomic E-state index is 13.2. The number of rotatable bonds is 8. The van der Waals surface area contributed by atoms with Crippen molar-refractivity contribution in [1.82, 2.24) is 27.9 Å². The number of hydrogen-bond donors (Lipinski definition) is 2. The molecule has 0 aliphatic carbocycles. The second-order valence-corrected chi connectivity index (χ2v) is 29.2. The van der Waals surface area contributed by atoms with Crippen molar-refractivity contribution in [2.24, 2.45) is 0 Å². The van der Waals surface area contributed by atoms with Crippen LogP contribution in [-0.2, 0) is 59.2 Å². The molecule has 4 aromatic rings. The summed E-state index contributed by atoms with van der Waals surface area (Å²) in [6, 6.07) is 18.8. The Hall–Kier alpha value is -10.7.